The first-order valence-electron chi connectivity index (χ1n) is 6.78. The van der Waals surface area contributed by atoms with Gasteiger partial charge in [-0.15, -0.1) is 0 Å². The van der Waals surface area contributed by atoms with Crippen molar-refractivity contribution < 1.29 is 13.9 Å². The number of nitrogens with zero attached hydrogens (tertiary/aromatic N) is 1. The summed E-state index contributed by atoms with van der Waals surface area (Å²) in [7, 11) is 5.52. The van der Waals surface area contributed by atoms with E-state index in [1.165, 1.54) is 0 Å². The summed E-state index contributed by atoms with van der Waals surface area (Å²) in [5, 5.41) is 2.87. The molecule has 1 aromatic rings. The molecule has 1 aromatic heterocycles. The third-order valence-corrected chi connectivity index (χ3v) is 3.16. The first kappa shape index (κ1) is 16.7. The number of methoxy groups -OCH3 is 1. The summed E-state index contributed by atoms with van der Waals surface area (Å²) in [6.07, 6.45) is 3.03. The molecule has 6 heteroatoms. The minimum Gasteiger partial charge on any atom is -0.468 e. The van der Waals surface area contributed by atoms with Crippen LogP contribution in [0.3, 0.4) is 0 Å². The van der Waals surface area contributed by atoms with Gasteiger partial charge in [-0.2, -0.15) is 0 Å². The molecule has 0 radical (unpaired) electrons. The lowest BCUT2D eigenvalue weighted by molar-refractivity contribution is -0.122. The third kappa shape index (κ3) is 5.32. The molecule has 0 spiro atoms. The summed E-state index contributed by atoms with van der Waals surface area (Å²) in [6.45, 7) is 1.09. The fraction of sp³-hybridized carbons (Fsp3) is 0.643. The molecule has 0 bridgehead atoms. The van der Waals surface area contributed by atoms with Crippen molar-refractivity contribution in [2.45, 2.75) is 24.9 Å². The van der Waals surface area contributed by atoms with Crippen LogP contribution < -0.4 is 11.1 Å². The van der Waals surface area contributed by atoms with Crippen LogP contribution >= 0.6 is 0 Å². The number of amides is 1. The van der Waals surface area contributed by atoms with Crippen molar-refractivity contribution in [3.63, 3.8) is 0 Å². The largest absolute Gasteiger partial charge is 0.468 e. The second-order valence-electron chi connectivity index (χ2n) is 4.98. The number of nitrogens with two attached hydrogens (primary N) is 1. The van der Waals surface area contributed by atoms with Crippen molar-refractivity contribution >= 4 is 5.91 Å². The molecule has 0 saturated carbocycles. The van der Waals surface area contributed by atoms with Gasteiger partial charge >= 0.3 is 0 Å². The minimum atomic E-state index is -0.496. The molecular formula is C14H25N3O3. The Morgan fingerprint density at radius 1 is 1.55 bits per heavy atom. The smallest absolute Gasteiger partial charge is 0.236 e. The van der Waals surface area contributed by atoms with E-state index in [1.54, 1.807) is 13.4 Å². The normalized spacial score (nSPS) is 14.2. The summed E-state index contributed by atoms with van der Waals surface area (Å²) in [4.78, 5) is 13.9. The molecule has 0 saturated heterocycles. The summed E-state index contributed by atoms with van der Waals surface area (Å²) in [6, 6.07) is 3.24. The number of furan rings is 1. The second-order valence-corrected chi connectivity index (χ2v) is 4.98. The molecule has 2 unspecified atom stereocenters. The molecule has 2 atom stereocenters. The van der Waals surface area contributed by atoms with Gasteiger partial charge in [-0.25, -0.2) is 0 Å². The van der Waals surface area contributed by atoms with Crippen LogP contribution in [-0.2, 0) is 9.53 Å². The van der Waals surface area contributed by atoms with Crippen molar-refractivity contribution in [1.82, 2.24) is 10.2 Å². The van der Waals surface area contributed by atoms with E-state index in [1.807, 2.05) is 31.1 Å². The summed E-state index contributed by atoms with van der Waals surface area (Å²) < 4.78 is 10.3. The van der Waals surface area contributed by atoms with Crippen molar-refractivity contribution in [2.24, 2.45) is 5.73 Å². The van der Waals surface area contributed by atoms with E-state index < -0.39 is 6.04 Å². The molecule has 20 heavy (non-hydrogen) atoms. The fourth-order valence-electron chi connectivity index (χ4n) is 1.93. The van der Waals surface area contributed by atoms with E-state index in [9.17, 15) is 4.79 Å². The Labute approximate surface area is 120 Å². The SMILES string of the molecule is COCCCC(N)C(=O)NCC(c1ccco1)N(C)C. The van der Waals surface area contributed by atoms with Gasteiger partial charge in [0.15, 0.2) is 0 Å². The summed E-state index contributed by atoms with van der Waals surface area (Å²) in [5.41, 5.74) is 5.83. The molecule has 114 valence electrons. The summed E-state index contributed by atoms with van der Waals surface area (Å²) in [5.74, 6) is 0.683. The monoisotopic (exact) mass is 283 g/mol. The van der Waals surface area contributed by atoms with Crippen molar-refractivity contribution in [1.29, 1.82) is 0 Å². The summed E-state index contributed by atoms with van der Waals surface area (Å²) >= 11 is 0. The highest BCUT2D eigenvalue weighted by Gasteiger charge is 2.19. The number of rotatable bonds is 9. The predicted molar refractivity (Wildman–Crippen MR) is 77.2 cm³/mol. The Bertz CT molecular complexity index is 379. The van der Waals surface area contributed by atoms with Crippen LogP contribution in [0.2, 0.25) is 0 Å². The quantitative estimate of drug-likeness (QED) is 0.654. The van der Waals surface area contributed by atoms with Gasteiger partial charge in [-0.3, -0.25) is 9.69 Å². The van der Waals surface area contributed by atoms with Gasteiger partial charge in [-0.05, 0) is 39.1 Å². The predicted octanol–water partition coefficient (Wildman–Crippen LogP) is 0.752. The van der Waals surface area contributed by atoms with Gasteiger partial charge in [0.25, 0.3) is 0 Å². The molecular weight excluding hydrogens is 258 g/mol. The highest BCUT2D eigenvalue weighted by Crippen LogP contribution is 2.17. The molecule has 0 aliphatic carbocycles. The van der Waals surface area contributed by atoms with Crippen molar-refractivity contribution in [3.05, 3.63) is 24.2 Å². The Morgan fingerprint density at radius 2 is 2.30 bits per heavy atom. The maximum Gasteiger partial charge on any atom is 0.236 e. The number of likely N-dealkylation sites (N-methyl/N-ethyl adjacent to an activating group) is 1. The maximum absolute atomic E-state index is 11.9. The van der Waals surface area contributed by atoms with Gasteiger partial charge in [0.1, 0.15) is 5.76 Å². The van der Waals surface area contributed by atoms with E-state index in [-0.39, 0.29) is 11.9 Å². The lowest BCUT2D eigenvalue weighted by Gasteiger charge is -2.23. The molecule has 3 N–H and O–H groups in total. The standard InChI is InChI=1S/C14H25N3O3/c1-17(2)12(13-7-5-9-20-13)10-16-14(18)11(15)6-4-8-19-3/h5,7,9,11-12H,4,6,8,10,15H2,1-3H3,(H,16,18). The highest BCUT2D eigenvalue weighted by atomic mass is 16.5. The van der Waals surface area contributed by atoms with E-state index in [0.717, 1.165) is 12.2 Å². The van der Waals surface area contributed by atoms with Crippen LogP contribution in [-0.4, -0.2) is 51.2 Å². The third-order valence-electron chi connectivity index (χ3n) is 3.16. The Morgan fingerprint density at radius 3 is 2.85 bits per heavy atom. The minimum absolute atomic E-state index is 0.000116. The zero-order chi connectivity index (χ0) is 15.0. The number of ether oxygens (including phenoxy) is 1. The van der Waals surface area contributed by atoms with Gasteiger partial charge in [0, 0.05) is 20.3 Å². The molecule has 0 fully saturated rings. The lowest BCUT2D eigenvalue weighted by Crippen LogP contribution is -2.43. The molecule has 1 amide bonds. The van der Waals surface area contributed by atoms with Crippen molar-refractivity contribution in [2.75, 3.05) is 34.4 Å². The van der Waals surface area contributed by atoms with Crippen LogP contribution in [0, 0.1) is 0 Å². The number of hydrogen-bond donors (Lipinski definition) is 2. The molecule has 0 aliphatic heterocycles. The van der Waals surface area contributed by atoms with Crippen molar-refractivity contribution in [3.8, 4) is 0 Å². The molecule has 1 heterocycles. The Hall–Kier alpha value is -1.37. The molecule has 6 nitrogen and oxygen atoms in total. The topological polar surface area (TPSA) is 80.7 Å². The average molecular weight is 283 g/mol. The average Bonchev–Trinajstić information content (AvgIpc) is 2.92. The zero-order valence-electron chi connectivity index (χ0n) is 12.5. The number of carbonyl (C=O) groups excluding carboxylic acids is 1. The van der Waals surface area contributed by atoms with Crippen LogP contribution in [0.5, 0.6) is 0 Å². The molecule has 0 aromatic carbocycles. The van der Waals surface area contributed by atoms with Crippen LogP contribution in [0.15, 0.2) is 22.8 Å². The van der Waals surface area contributed by atoms with E-state index in [2.05, 4.69) is 5.32 Å². The number of nitrogens with one attached hydrogen (secondary N) is 1. The molecule has 0 aliphatic rings. The molecule has 1 rings (SSSR count). The number of carbonyl (C=O) groups is 1. The van der Waals surface area contributed by atoms with Crippen LogP contribution in [0.25, 0.3) is 0 Å². The van der Waals surface area contributed by atoms with Crippen LogP contribution in [0.1, 0.15) is 24.6 Å². The first-order chi connectivity index (χ1) is 9.56. The fourth-order valence-corrected chi connectivity index (χ4v) is 1.93. The lowest BCUT2D eigenvalue weighted by atomic mass is 10.1. The Balaban J connectivity index is 2.41. The van der Waals surface area contributed by atoms with E-state index in [0.29, 0.717) is 19.6 Å². The first-order valence-corrected chi connectivity index (χ1v) is 6.78. The maximum atomic E-state index is 11.9. The van der Waals surface area contributed by atoms with Gasteiger partial charge < -0.3 is 20.2 Å². The Kier molecular flexibility index (Phi) is 7.28. The highest BCUT2D eigenvalue weighted by molar-refractivity contribution is 5.81. The van der Waals surface area contributed by atoms with Gasteiger partial charge in [0.2, 0.25) is 5.91 Å². The number of hydrogen-bond acceptors (Lipinski definition) is 5. The second kappa shape index (κ2) is 8.73. The van der Waals surface area contributed by atoms with Gasteiger partial charge in [-0.1, -0.05) is 0 Å². The van der Waals surface area contributed by atoms with E-state index >= 15 is 0 Å². The van der Waals surface area contributed by atoms with Crippen LogP contribution in [0.4, 0.5) is 0 Å². The van der Waals surface area contributed by atoms with E-state index in [4.69, 9.17) is 14.9 Å². The van der Waals surface area contributed by atoms with Gasteiger partial charge in [0.05, 0.1) is 18.3 Å². The zero-order valence-corrected chi connectivity index (χ0v) is 12.5.